The van der Waals surface area contributed by atoms with E-state index in [1.165, 1.54) is 0 Å². The van der Waals surface area contributed by atoms with E-state index < -0.39 is 0 Å². The first-order valence-corrected chi connectivity index (χ1v) is 3.14. The molecule has 0 bridgehead atoms. The molecule has 2 rings (SSSR count). The molecule has 0 heterocycles. The van der Waals surface area contributed by atoms with Gasteiger partial charge in [0, 0.05) is 0 Å². The fourth-order valence-corrected chi connectivity index (χ4v) is 0.945. The fraction of sp³-hybridized carbons (Fsp3) is 0. The van der Waals surface area contributed by atoms with Crippen LogP contribution in [0, 0.1) is 18.2 Å². The number of benzene rings is 2. The maximum Gasteiger partial charge on any atom is -0.00928 e. The van der Waals surface area contributed by atoms with E-state index in [0.29, 0.717) is 0 Å². The van der Waals surface area contributed by atoms with Crippen molar-refractivity contribution in [2.45, 2.75) is 0 Å². The maximum absolute atomic E-state index is 3.08. The highest BCUT2D eigenvalue weighted by atomic mass is 13.9. The predicted molar refractivity (Wildman–Crippen MR) is 40.5 cm³/mol. The first kappa shape index (κ1) is 5.48. The van der Waals surface area contributed by atoms with E-state index >= 15 is 0 Å². The summed E-state index contributed by atoms with van der Waals surface area (Å²) < 4.78 is 0. The molecule has 0 aromatic heterocycles. The minimum absolute atomic E-state index is 1.12. The quantitative estimate of drug-likeness (QED) is 0.506. The summed E-state index contributed by atoms with van der Waals surface area (Å²) in [5.41, 5.74) is 0. The highest BCUT2D eigenvalue weighted by Gasteiger charge is 1.86. The van der Waals surface area contributed by atoms with Gasteiger partial charge in [-0.1, -0.05) is 12.1 Å². The lowest BCUT2D eigenvalue weighted by molar-refractivity contribution is 1.72. The Balaban J connectivity index is 2.89. The van der Waals surface area contributed by atoms with Crippen molar-refractivity contribution in [3.8, 4) is 0 Å². The van der Waals surface area contributed by atoms with Gasteiger partial charge in [0.25, 0.3) is 0 Å². The van der Waals surface area contributed by atoms with Crippen LogP contribution in [0.3, 0.4) is 0 Å². The molecule has 0 N–H and O–H groups in total. The Morgan fingerprint density at radius 2 is 2.00 bits per heavy atom. The van der Waals surface area contributed by atoms with Gasteiger partial charge in [-0.3, -0.25) is 0 Å². The summed E-state index contributed by atoms with van der Waals surface area (Å²) in [6, 6.07) is 18.6. The average molecular weight is 125 g/mol. The SMILES string of the molecule is [c]1c[c]c2cc[c]cc2c1. The molecular weight excluding hydrogens is 120 g/mol. The van der Waals surface area contributed by atoms with Crippen molar-refractivity contribution in [3.05, 3.63) is 48.5 Å². The van der Waals surface area contributed by atoms with Crippen LogP contribution in [-0.4, -0.2) is 0 Å². The Morgan fingerprint density at radius 3 is 2.90 bits per heavy atom. The Kier molecular flexibility index (Phi) is 1.17. The lowest BCUT2D eigenvalue weighted by Gasteiger charge is -1.91. The van der Waals surface area contributed by atoms with Crippen molar-refractivity contribution in [2.24, 2.45) is 0 Å². The van der Waals surface area contributed by atoms with Gasteiger partial charge >= 0.3 is 0 Å². The molecule has 3 radical (unpaired) electrons. The summed E-state index contributed by atoms with van der Waals surface area (Å²) in [6.45, 7) is 0. The Labute approximate surface area is 60.1 Å². The molecule has 0 aliphatic rings. The van der Waals surface area contributed by atoms with Crippen LogP contribution in [0.4, 0.5) is 0 Å². The normalized spacial score (nSPS) is 10.0. The molecule has 0 heteroatoms. The summed E-state index contributed by atoms with van der Waals surface area (Å²) in [4.78, 5) is 0. The third kappa shape index (κ3) is 0.781. The van der Waals surface area contributed by atoms with Crippen LogP contribution in [0.25, 0.3) is 10.8 Å². The fourth-order valence-electron chi connectivity index (χ4n) is 0.945. The van der Waals surface area contributed by atoms with Crippen LogP contribution in [0.2, 0.25) is 0 Å². The third-order valence-corrected chi connectivity index (χ3v) is 1.45. The van der Waals surface area contributed by atoms with Crippen LogP contribution < -0.4 is 0 Å². The van der Waals surface area contributed by atoms with Crippen LogP contribution >= 0.6 is 0 Å². The molecule has 0 amide bonds. The number of fused-ring (bicyclic) bond motifs is 1. The van der Waals surface area contributed by atoms with Gasteiger partial charge in [-0.25, -0.2) is 0 Å². The maximum atomic E-state index is 3.08. The molecule has 2 aromatic rings. The molecular formula is C10H5. The van der Waals surface area contributed by atoms with Crippen LogP contribution in [0.1, 0.15) is 0 Å². The van der Waals surface area contributed by atoms with Crippen LogP contribution in [0.15, 0.2) is 30.3 Å². The van der Waals surface area contributed by atoms with Gasteiger partial charge < -0.3 is 0 Å². The highest BCUT2D eigenvalue weighted by molar-refractivity contribution is 5.81. The molecule has 0 saturated heterocycles. The topological polar surface area (TPSA) is 0 Å². The molecule has 10 heavy (non-hydrogen) atoms. The monoisotopic (exact) mass is 125 g/mol. The third-order valence-electron chi connectivity index (χ3n) is 1.45. The van der Waals surface area contributed by atoms with E-state index in [2.05, 4.69) is 18.2 Å². The molecule has 2 aromatic carbocycles. The smallest absolute Gasteiger partial charge is 0.00928 e. The molecule has 0 spiro atoms. The second-order valence-electron chi connectivity index (χ2n) is 2.11. The van der Waals surface area contributed by atoms with Gasteiger partial charge in [0.15, 0.2) is 0 Å². The van der Waals surface area contributed by atoms with E-state index in [9.17, 15) is 0 Å². The van der Waals surface area contributed by atoms with Crippen molar-refractivity contribution >= 4 is 10.8 Å². The molecule has 45 valence electrons. The zero-order valence-corrected chi connectivity index (χ0v) is 5.39. The van der Waals surface area contributed by atoms with Crippen molar-refractivity contribution < 1.29 is 0 Å². The zero-order valence-electron chi connectivity index (χ0n) is 5.39. The molecule has 0 atom stereocenters. The van der Waals surface area contributed by atoms with Gasteiger partial charge in [0.2, 0.25) is 0 Å². The highest BCUT2D eigenvalue weighted by Crippen LogP contribution is 2.09. The molecule has 0 unspecified atom stereocenters. The first-order valence-electron chi connectivity index (χ1n) is 3.14. The number of rotatable bonds is 0. The molecule has 0 aliphatic carbocycles. The average Bonchev–Trinajstić information content (AvgIpc) is 2.05. The van der Waals surface area contributed by atoms with E-state index in [1.807, 2.05) is 24.3 Å². The summed E-state index contributed by atoms with van der Waals surface area (Å²) in [6.07, 6.45) is 0. The Bertz CT molecular complexity index is 271. The van der Waals surface area contributed by atoms with E-state index in [-0.39, 0.29) is 0 Å². The van der Waals surface area contributed by atoms with E-state index in [1.54, 1.807) is 6.07 Å². The summed E-state index contributed by atoms with van der Waals surface area (Å²) in [5, 5.41) is 2.27. The van der Waals surface area contributed by atoms with E-state index in [4.69, 9.17) is 0 Å². The van der Waals surface area contributed by atoms with Gasteiger partial charge in [0.05, 0.1) is 0 Å². The Morgan fingerprint density at radius 1 is 1.10 bits per heavy atom. The zero-order chi connectivity index (χ0) is 6.81. The van der Waals surface area contributed by atoms with Gasteiger partial charge in [-0.05, 0) is 47.2 Å². The van der Waals surface area contributed by atoms with Crippen LogP contribution in [0.5, 0.6) is 0 Å². The largest absolute Gasteiger partial charge is 0.0537 e. The molecule has 0 saturated carbocycles. The second kappa shape index (κ2) is 2.14. The molecule has 0 fully saturated rings. The van der Waals surface area contributed by atoms with Crippen molar-refractivity contribution in [3.63, 3.8) is 0 Å². The first-order chi connectivity index (χ1) is 4.97. The van der Waals surface area contributed by atoms with Gasteiger partial charge in [-0.15, -0.1) is 0 Å². The predicted octanol–water partition coefficient (Wildman–Crippen LogP) is 2.24. The minimum atomic E-state index is 1.12. The summed E-state index contributed by atoms with van der Waals surface area (Å²) in [5.74, 6) is 0. The molecule has 0 nitrogen and oxygen atoms in total. The second-order valence-corrected chi connectivity index (χ2v) is 2.11. The minimum Gasteiger partial charge on any atom is -0.0537 e. The summed E-state index contributed by atoms with van der Waals surface area (Å²) in [7, 11) is 0. The number of hydrogen-bond acceptors (Lipinski definition) is 0. The Hall–Kier alpha value is -1.30. The lowest BCUT2D eigenvalue weighted by Crippen LogP contribution is -1.68. The molecule has 0 aliphatic heterocycles. The standard InChI is InChI=1S/C10H5/c1-2-6-10-8-4-3-7-9(10)5-1/h1,3,5-6,8H. The lowest BCUT2D eigenvalue weighted by atomic mass is 10.1. The summed E-state index contributed by atoms with van der Waals surface area (Å²) >= 11 is 0. The van der Waals surface area contributed by atoms with Crippen molar-refractivity contribution in [2.75, 3.05) is 0 Å². The van der Waals surface area contributed by atoms with Crippen molar-refractivity contribution in [1.29, 1.82) is 0 Å². The van der Waals surface area contributed by atoms with Crippen LogP contribution in [-0.2, 0) is 0 Å². The van der Waals surface area contributed by atoms with E-state index in [0.717, 1.165) is 10.8 Å². The van der Waals surface area contributed by atoms with Gasteiger partial charge in [-0.2, -0.15) is 0 Å². The van der Waals surface area contributed by atoms with Crippen molar-refractivity contribution in [1.82, 2.24) is 0 Å². The number of hydrogen-bond donors (Lipinski definition) is 0. The van der Waals surface area contributed by atoms with Gasteiger partial charge in [0.1, 0.15) is 0 Å².